The van der Waals surface area contributed by atoms with Gasteiger partial charge in [0.2, 0.25) is 0 Å². The SMILES string of the molecule is Cc1ccnc(-n2c(SCC(=O)c3cc(C)n(-c4cc(C)on4)c3C)nc3ccccc3c2=O)c1. The molecule has 176 valence electrons. The van der Waals surface area contributed by atoms with Crippen LogP contribution in [0.5, 0.6) is 0 Å². The van der Waals surface area contributed by atoms with Gasteiger partial charge in [0.15, 0.2) is 16.8 Å². The van der Waals surface area contributed by atoms with Crippen LogP contribution in [0.15, 0.2) is 69.2 Å². The van der Waals surface area contributed by atoms with Crippen molar-refractivity contribution >= 4 is 28.4 Å². The van der Waals surface area contributed by atoms with Gasteiger partial charge in [0.1, 0.15) is 11.6 Å². The lowest BCUT2D eigenvalue weighted by Crippen LogP contribution is -2.23. The molecule has 0 aliphatic rings. The Labute approximate surface area is 205 Å². The third kappa shape index (κ3) is 4.19. The number of hydrogen-bond acceptors (Lipinski definition) is 7. The number of carbonyl (C=O) groups is 1. The van der Waals surface area contributed by atoms with Gasteiger partial charge in [-0.05, 0) is 63.6 Å². The van der Waals surface area contributed by atoms with Crippen LogP contribution in [0.2, 0.25) is 0 Å². The molecule has 0 atom stereocenters. The van der Waals surface area contributed by atoms with Gasteiger partial charge in [0.25, 0.3) is 5.56 Å². The number of nitrogens with zero attached hydrogens (tertiary/aromatic N) is 5. The van der Waals surface area contributed by atoms with Gasteiger partial charge < -0.3 is 4.52 Å². The molecule has 9 heteroatoms. The van der Waals surface area contributed by atoms with E-state index >= 15 is 0 Å². The molecule has 4 aromatic heterocycles. The number of fused-ring (bicyclic) bond motifs is 1. The smallest absolute Gasteiger partial charge is 0.267 e. The molecule has 0 spiro atoms. The number of benzene rings is 1. The lowest BCUT2D eigenvalue weighted by Gasteiger charge is -2.12. The van der Waals surface area contributed by atoms with Crippen LogP contribution in [-0.2, 0) is 0 Å². The Balaban J connectivity index is 1.52. The fourth-order valence-electron chi connectivity index (χ4n) is 4.12. The van der Waals surface area contributed by atoms with Gasteiger partial charge in [-0.3, -0.25) is 14.2 Å². The van der Waals surface area contributed by atoms with Gasteiger partial charge in [-0.2, -0.15) is 0 Å². The first-order valence-corrected chi connectivity index (χ1v) is 12.1. The minimum atomic E-state index is -0.219. The molecule has 4 heterocycles. The van der Waals surface area contributed by atoms with Crippen molar-refractivity contribution in [3.63, 3.8) is 0 Å². The van der Waals surface area contributed by atoms with E-state index in [-0.39, 0.29) is 17.1 Å². The Kier molecular flexibility index (Phi) is 5.86. The number of hydrogen-bond donors (Lipinski definition) is 0. The monoisotopic (exact) mass is 485 g/mol. The highest BCUT2D eigenvalue weighted by molar-refractivity contribution is 7.99. The number of carbonyl (C=O) groups excluding carboxylic acids is 1. The Bertz CT molecular complexity index is 1650. The molecule has 5 aromatic rings. The molecule has 0 saturated heterocycles. The molecule has 0 radical (unpaired) electrons. The quantitative estimate of drug-likeness (QED) is 0.194. The number of rotatable bonds is 6. The number of aryl methyl sites for hydroxylation is 3. The summed E-state index contributed by atoms with van der Waals surface area (Å²) in [6.45, 7) is 7.57. The summed E-state index contributed by atoms with van der Waals surface area (Å²) in [5, 5.41) is 5.00. The Morgan fingerprint density at radius 1 is 1.00 bits per heavy atom. The van der Waals surface area contributed by atoms with Crippen molar-refractivity contribution in [2.75, 3.05) is 5.75 Å². The highest BCUT2D eigenvalue weighted by Crippen LogP contribution is 2.25. The summed E-state index contributed by atoms with van der Waals surface area (Å²) in [6.07, 6.45) is 1.66. The molecular formula is C26H23N5O3S. The first-order valence-electron chi connectivity index (χ1n) is 11.1. The predicted molar refractivity (Wildman–Crippen MR) is 135 cm³/mol. The van der Waals surface area contributed by atoms with Crippen molar-refractivity contribution in [2.24, 2.45) is 0 Å². The van der Waals surface area contributed by atoms with E-state index in [0.29, 0.717) is 39.0 Å². The molecule has 0 amide bonds. The van der Waals surface area contributed by atoms with E-state index in [9.17, 15) is 9.59 Å². The standard InChI is InChI=1S/C26H23N5O3S/c1-15-9-10-27-23(11-15)31-25(33)19-7-5-6-8-21(19)28-26(31)35-14-22(32)20-12-16(2)30(18(20)4)24-13-17(3)34-29-24/h5-13H,14H2,1-4H3. The Morgan fingerprint density at radius 2 is 1.80 bits per heavy atom. The summed E-state index contributed by atoms with van der Waals surface area (Å²) < 4.78 is 8.59. The van der Waals surface area contributed by atoms with E-state index in [2.05, 4.69) is 10.1 Å². The van der Waals surface area contributed by atoms with E-state index in [4.69, 9.17) is 9.51 Å². The number of pyridine rings is 1. The van der Waals surface area contributed by atoms with Gasteiger partial charge in [-0.1, -0.05) is 29.1 Å². The van der Waals surface area contributed by atoms with E-state index in [1.807, 2.05) is 68.7 Å². The maximum atomic E-state index is 13.4. The number of aromatic nitrogens is 5. The predicted octanol–water partition coefficient (Wildman–Crippen LogP) is 4.77. The van der Waals surface area contributed by atoms with Crippen LogP contribution >= 0.6 is 11.8 Å². The number of thioether (sulfide) groups is 1. The zero-order valence-corrected chi connectivity index (χ0v) is 20.6. The molecule has 0 unspecified atom stereocenters. The largest absolute Gasteiger partial charge is 0.360 e. The summed E-state index contributed by atoms with van der Waals surface area (Å²) in [5.74, 6) is 1.85. The van der Waals surface area contributed by atoms with Crippen LogP contribution in [0.3, 0.4) is 0 Å². The molecule has 1 aromatic carbocycles. The second kappa shape index (κ2) is 8.99. The average Bonchev–Trinajstić information content (AvgIpc) is 3.39. The summed E-state index contributed by atoms with van der Waals surface area (Å²) in [7, 11) is 0. The molecular weight excluding hydrogens is 462 g/mol. The highest BCUT2D eigenvalue weighted by atomic mass is 32.2. The van der Waals surface area contributed by atoms with Gasteiger partial charge in [-0.15, -0.1) is 0 Å². The summed E-state index contributed by atoms with van der Waals surface area (Å²) in [6, 6.07) is 14.6. The average molecular weight is 486 g/mol. The minimum Gasteiger partial charge on any atom is -0.360 e. The van der Waals surface area contributed by atoms with E-state index in [1.54, 1.807) is 18.3 Å². The number of para-hydroxylation sites is 1. The molecule has 0 N–H and O–H groups in total. The fraction of sp³-hybridized carbons (Fsp3) is 0.192. The molecule has 35 heavy (non-hydrogen) atoms. The van der Waals surface area contributed by atoms with Crippen LogP contribution in [-0.4, -0.2) is 35.8 Å². The van der Waals surface area contributed by atoms with E-state index in [0.717, 1.165) is 17.0 Å². The van der Waals surface area contributed by atoms with Gasteiger partial charge in [0.05, 0.1) is 16.7 Å². The zero-order valence-electron chi connectivity index (χ0n) is 19.8. The molecule has 0 saturated carbocycles. The van der Waals surface area contributed by atoms with Crippen LogP contribution in [0.4, 0.5) is 0 Å². The van der Waals surface area contributed by atoms with Gasteiger partial charge in [0, 0.05) is 29.2 Å². The second-order valence-electron chi connectivity index (χ2n) is 8.37. The van der Waals surface area contributed by atoms with Crippen molar-refractivity contribution in [3.8, 4) is 11.6 Å². The number of Topliss-reactive ketones (excluding diaryl/α,β-unsaturated/α-hetero) is 1. The van der Waals surface area contributed by atoms with Crippen LogP contribution in [0.25, 0.3) is 22.5 Å². The molecule has 0 fully saturated rings. The van der Waals surface area contributed by atoms with Crippen molar-refractivity contribution in [2.45, 2.75) is 32.9 Å². The first-order chi connectivity index (χ1) is 16.8. The van der Waals surface area contributed by atoms with Gasteiger partial charge >= 0.3 is 0 Å². The first kappa shape index (κ1) is 22.8. The van der Waals surface area contributed by atoms with Crippen molar-refractivity contribution in [1.82, 2.24) is 24.3 Å². The molecule has 0 bridgehead atoms. The molecule has 0 aliphatic carbocycles. The Morgan fingerprint density at radius 3 is 2.54 bits per heavy atom. The zero-order chi connectivity index (χ0) is 24.7. The van der Waals surface area contributed by atoms with E-state index in [1.165, 1.54) is 16.3 Å². The van der Waals surface area contributed by atoms with Crippen LogP contribution in [0.1, 0.15) is 33.1 Å². The fourth-order valence-corrected chi connectivity index (χ4v) is 5.00. The normalized spacial score (nSPS) is 11.3. The third-order valence-corrected chi connectivity index (χ3v) is 6.72. The third-order valence-electron chi connectivity index (χ3n) is 5.78. The topological polar surface area (TPSA) is 95.8 Å². The van der Waals surface area contributed by atoms with Crippen LogP contribution in [0, 0.1) is 27.7 Å². The van der Waals surface area contributed by atoms with Crippen LogP contribution < -0.4 is 5.56 Å². The highest BCUT2D eigenvalue weighted by Gasteiger charge is 2.21. The molecule has 0 aliphatic heterocycles. The maximum absolute atomic E-state index is 13.4. The maximum Gasteiger partial charge on any atom is 0.267 e. The molecule has 5 rings (SSSR count). The van der Waals surface area contributed by atoms with Crippen molar-refractivity contribution in [1.29, 1.82) is 0 Å². The molecule has 8 nitrogen and oxygen atoms in total. The Hall–Kier alpha value is -3.98. The van der Waals surface area contributed by atoms with Crippen molar-refractivity contribution < 1.29 is 9.32 Å². The number of ketones is 1. The summed E-state index contributed by atoms with van der Waals surface area (Å²) >= 11 is 1.22. The van der Waals surface area contributed by atoms with Gasteiger partial charge in [-0.25, -0.2) is 14.5 Å². The minimum absolute atomic E-state index is 0.0688. The second-order valence-corrected chi connectivity index (χ2v) is 9.31. The summed E-state index contributed by atoms with van der Waals surface area (Å²) in [4.78, 5) is 35.8. The van der Waals surface area contributed by atoms with E-state index < -0.39 is 0 Å². The summed E-state index contributed by atoms with van der Waals surface area (Å²) in [5.41, 5.74) is 3.59. The van der Waals surface area contributed by atoms with Crippen molar-refractivity contribution in [3.05, 3.63) is 93.4 Å². The lowest BCUT2D eigenvalue weighted by atomic mass is 10.2. The lowest BCUT2D eigenvalue weighted by molar-refractivity contribution is 0.102.